The average Bonchev–Trinajstić information content (AvgIpc) is 3.21. The summed E-state index contributed by atoms with van der Waals surface area (Å²) in [4.78, 5) is 35.6. The van der Waals surface area contributed by atoms with Gasteiger partial charge in [0, 0.05) is 52.0 Å². The van der Waals surface area contributed by atoms with E-state index >= 15 is 0 Å². The number of fused-ring (bicyclic) bond motifs is 1. The number of benzene rings is 4. The number of ketones is 1. The summed E-state index contributed by atoms with van der Waals surface area (Å²) < 4.78 is 27.3. The van der Waals surface area contributed by atoms with E-state index in [2.05, 4.69) is 15.1 Å². The van der Waals surface area contributed by atoms with Crippen LogP contribution in [0.2, 0.25) is 5.02 Å². The molecule has 0 radical (unpaired) electrons. The minimum atomic E-state index is -3.56. The molecule has 0 amide bonds. The number of hydrogen-bond acceptors (Lipinski definition) is 6. The molecule has 0 bridgehead atoms. The summed E-state index contributed by atoms with van der Waals surface area (Å²) in [6.07, 6.45) is -3.56. The standard InChI is InChI=1S/C28H19ClF2N2O5/c1-33(23-9-4-19(29)5-10-23)22-7-2-16(3-8-22)26(34)17-12-18(27(35)36)14-21(13-17)32-20-6-11-24-25(15-20)37-38-28(24,30)31/h2-15,32H,1H3,(H,35,36). The first-order valence-corrected chi connectivity index (χ1v) is 11.7. The van der Waals surface area contributed by atoms with Crippen LogP contribution in [0, 0.1) is 0 Å². The Hall–Kier alpha value is -4.47. The van der Waals surface area contributed by atoms with E-state index in [1.807, 2.05) is 24.1 Å². The van der Waals surface area contributed by atoms with Gasteiger partial charge in [-0.25, -0.2) is 4.79 Å². The van der Waals surface area contributed by atoms with E-state index in [4.69, 9.17) is 11.6 Å². The molecule has 38 heavy (non-hydrogen) atoms. The molecule has 5 rings (SSSR count). The molecule has 4 aromatic rings. The molecule has 1 aliphatic rings. The largest absolute Gasteiger partial charge is 0.478 e. The fourth-order valence-corrected chi connectivity index (χ4v) is 4.12. The third kappa shape index (κ3) is 5.02. The molecule has 0 unspecified atom stereocenters. The second-order valence-corrected chi connectivity index (χ2v) is 8.97. The Kier molecular flexibility index (Phi) is 6.48. The number of alkyl halides is 2. The van der Waals surface area contributed by atoms with Crippen LogP contribution in [0.1, 0.15) is 31.8 Å². The molecule has 1 heterocycles. The molecule has 10 heteroatoms. The van der Waals surface area contributed by atoms with E-state index in [-0.39, 0.29) is 28.3 Å². The first-order chi connectivity index (χ1) is 18.1. The summed E-state index contributed by atoms with van der Waals surface area (Å²) in [5.74, 6) is -1.79. The fraction of sp³-hybridized carbons (Fsp3) is 0.0714. The van der Waals surface area contributed by atoms with Crippen LogP contribution in [0.5, 0.6) is 5.75 Å². The van der Waals surface area contributed by atoms with Crippen LogP contribution in [-0.2, 0) is 11.0 Å². The third-order valence-electron chi connectivity index (χ3n) is 5.99. The Morgan fingerprint density at radius 3 is 2.13 bits per heavy atom. The zero-order valence-corrected chi connectivity index (χ0v) is 20.5. The van der Waals surface area contributed by atoms with Crippen LogP contribution < -0.4 is 15.1 Å². The number of nitrogens with one attached hydrogen (secondary N) is 1. The monoisotopic (exact) mass is 536 g/mol. The summed E-state index contributed by atoms with van der Waals surface area (Å²) >= 11 is 5.96. The molecule has 0 atom stereocenters. The smallest absolute Gasteiger partial charge is 0.421 e. The van der Waals surface area contributed by atoms with Crippen molar-refractivity contribution in [3.8, 4) is 5.75 Å². The van der Waals surface area contributed by atoms with Crippen molar-refractivity contribution < 1.29 is 33.3 Å². The van der Waals surface area contributed by atoms with Crippen molar-refractivity contribution in [2.45, 2.75) is 6.11 Å². The maximum Gasteiger partial charge on any atom is 0.421 e. The zero-order chi connectivity index (χ0) is 27.0. The molecule has 0 saturated heterocycles. The molecule has 1 aliphatic heterocycles. The molecular weight excluding hydrogens is 518 g/mol. The number of nitrogens with zero attached hydrogens (tertiary/aromatic N) is 1. The number of carboxylic acids is 1. The van der Waals surface area contributed by atoms with Gasteiger partial charge >= 0.3 is 12.1 Å². The van der Waals surface area contributed by atoms with E-state index in [1.165, 1.54) is 30.3 Å². The first kappa shape index (κ1) is 25.2. The Morgan fingerprint density at radius 1 is 0.842 bits per heavy atom. The minimum absolute atomic E-state index is 0.121. The molecule has 4 aromatic carbocycles. The van der Waals surface area contributed by atoms with Gasteiger partial charge in [0.2, 0.25) is 0 Å². The lowest BCUT2D eigenvalue weighted by atomic mass is 10.00. The van der Waals surface area contributed by atoms with E-state index in [0.717, 1.165) is 17.4 Å². The Morgan fingerprint density at radius 2 is 1.47 bits per heavy atom. The number of rotatable bonds is 7. The predicted molar refractivity (Wildman–Crippen MR) is 138 cm³/mol. The van der Waals surface area contributed by atoms with Crippen molar-refractivity contribution in [3.05, 3.63) is 112 Å². The highest BCUT2D eigenvalue weighted by molar-refractivity contribution is 6.30. The summed E-state index contributed by atoms with van der Waals surface area (Å²) in [6, 6.07) is 22.1. The van der Waals surface area contributed by atoms with Crippen molar-refractivity contribution in [3.63, 3.8) is 0 Å². The number of carboxylic acid groups (broad SMARTS) is 1. The van der Waals surface area contributed by atoms with Gasteiger partial charge in [-0.1, -0.05) is 11.6 Å². The lowest BCUT2D eigenvalue weighted by Crippen LogP contribution is -2.11. The van der Waals surface area contributed by atoms with Gasteiger partial charge in [0.1, 0.15) is 5.56 Å². The second kappa shape index (κ2) is 9.77. The van der Waals surface area contributed by atoms with Gasteiger partial charge in [-0.05, 0) is 78.9 Å². The van der Waals surface area contributed by atoms with Crippen molar-refractivity contribution >= 4 is 46.1 Å². The van der Waals surface area contributed by atoms with Gasteiger partial charge in [-0.3, -0.25) is 4.79 Å². The molecule has 192 valence electrons. The molecule has 0 fully saturated rings. The van der Waals surface area contributed by atoms with Crippen molar-refractivity contribution in [1.82, 2.24) is 0 Å². The van der Waals surface area contributed by atoms with Crippen LogP contribution in [0.4, 0.5) is 31.5 Å². The van der Waals surface area contributed by atoms with Crippen molar-refractivity contribution in [2.24, 2.45) is 0 Å². The zero-order valence-electron chi connectivity index (χ0n) is 19.7. The summed E-state index contributed by atoms with van der Waals surface area (Å²) in [7, 11) is 1.88. The van der Waals surface area contributed by atoms with Crippen molar-refractivity contribution in [1.29, 1.82) is 0 Å². The van der Waals surface area contributed by atoms with Crippen LogP contribution >= 0.6 is 11.6 Å². The van der Waals surface area contributed by atoms with Gasteiger partial charge in [0.15, 0.2) is 11.5 Å². The van der Waals surface area contributed by atoms with Crippen LogP contribution in [0.15, 0.2) is 84.9 Å². The Balaban J connectivity index is 1.40. The SMILES string of the molecule is CN(c1ccc(Cl)cc1)c1ccc(C(=O)c2cc(Nc3ccc4c(c3)OOC4(F)F)cc(C(=O)O)c2)cc1. The molecule has 7 nitrogen and oxygen atoms in total. The summed E-state index contributed by atoms with van der Waals surface area (Å²) in [5, 5.41) is 13.1. The van der Waals surface area contributed by atoms with Gasteiger partial charge in [0.05, 0.1) is 5.56 Å². The van der Waals surface area contributed by atoms with Crippen molar-refractivity contribution in [2.75, 3.05) is 17.3 Å². The Bertz CT molecular complexity index is 1540. The highest BCUT2D eigenvalue weighted by atomic mass is 35.5. The summed E-state index contributed by atoms with van der Waals surface area (Å²) in [6.45, 7) is 0. The van der Waals surface area contributed by atoms with E-state index in [1.54, 1.807) is 36.4 Å². The lowest BCUT2D eigenvalue weighted by Gasteiger charge is -2.20. The second-order valence-electron chi connectivity index (χ2n) is 8.54. The van der Waals surface area contributed by atoms with Gasteiger partial charge in [-0.2, -0.15) is 8.78 Å². The number of carbonyl (C=O) groups excluding carboxylic acids is 1. The first-order valence-electron chi connectivity index (χ1n) is 11.3. The van der Waals surface area contributed by atoms with Crippen LogP contribution in [-0.4, -0.2) is 23.9 Å². The van der Waals surface area contributed by atoms with E-state index in [9.17, 15) is 23.5 Å². The normalized spacial score (nSPS) is 13.4. The Labute approximate surface area is 220 Å². The molecule has 2 N–H and O–H groups in total. The highest BCUT2D eigenvalue weighted by Gasteiger charge is 2.44. The maximum absolute atomic E-state index is 13.6. The molecule has 0 spiro atoms. The third-order valence-corrected chi connectivity index (χ3v) is 6.24. The van der Waals surface area contributed by atoms with Gasteiger partial charge in [0.25, 0.3) is 0 Å². The number of halogens is 3. The quantitative estimate of drug-likeness (QED) is 0.191. The van der Waals surface area contributed by atoms with Crippen LogP contribution in [0.3, 0.4) is 0 Å². The lowest BCUT2D eigenvalue weighted by molar-refractivity contribution is -0.376. The predicted octanol–water partition coefficient (Wildman–Crippen LogP) is 7.15. The van der Waals surface area contributed by atoms with Gasteiger partial charge < -0.3 is 20.2 Å². The maximum atomic E-state index is 13.6. The average molecular weight is 537 g/mol. The minimum Gasteiger partial charge on any atom is -0.478 e. The molecule has 0 saturated carbocycles. The number of aromatic carboxylic acids is 1. The van der Waals surface area contributed by atoms with E-state index < -0.39 is 17.6 Å². The highest BCUT2D eigenvalue weighted by Crippen LogP contribution is 2.43. The van der Waals surface area contributed by atoms with E-state index in [0.29, 0.717) is 16.3 Å². The number of carbonyl (C=O) groups is 2. The van der Waals surface area contributed by atoms with Crippen LogP contribution in [0.25, 0.3) is 0 Å². The number of anilines is 4. The number of hydrogen-bond donors (Lipinski definition) is 2. The van der Waals surface area contributed by atoms with Gasteiger partial charge in [-0.15, -0.1) is 4.89 Å². The fourth-order valence-electron chi connectivity index (χ4n) is 3.99. The molecule has 0 aromatic heterocycles. The molecular formula is C28H19ClF2N2O5. The topological polar surface area (TPSA) is 88.1 Å². The molecule has 0 aliphatic carbocycles. The summed E-state index contributed by atoms with van der Waals surface area (Å²) in [5.41, 5.74) is 2.30.